The molecule has 1 fully saturated rings. The predicted molar refractivity (Wildman–Crippen MR) is 86.0 cm³/mol. The maximum Gasteiger partial charge on any atom is 0.238 e. The van der Waals surface area contributed by atoms with Crippen molar-refractivity contribution in [2.24, 2.45) is 0 Å². The van der Waals surface area contributed by atoms with Gasteiger partial charge < -0.3 is 10.6 Å². The van der Waals surface area contributed by atoms with E-state index in [4.69, 9.17) is 0 Å². The minimum atomic E-state index is 0.0532. The quantitative estimate of drug-likeness (QED) is 0.885. The Labute approximate surface area is 129 Å². The lowest BCUT2D eigenvalue weighted by Gasteiger charge is -2.31. The fourth-order valence-corrected chi connectivity index (χ4v) is 3.09. The van der Waals surface area contributed by atoms with Crippen LogP contribution < -0.4 is 10.6 Å². The molecule has 1 aromatic carbocycles. The van der Waals surface area contributed by atoms with Crippen LogP contribution in [0.3, 0.4) is 0 Å². The number of halogens is 1. The van der Waals surface area contributed by atoms with E-state index in [1.165, 1.54) is 5.56 Å². The normalized spacial score (nSPS) is 17.1. The van der Waals surface area contributed by atoms with E-state index in [9.17, 15) is 4.79 Å². The molecule has 1 heterocycles. The maximum atomic E-state index is 12.1. The second kappa shape index (κ2) is 7.20. The van der Waals surface area contributed by atoms with Gasteiger partial charge in [-0.3, -0.25) is 9.69 Å². The number of amides is 1. The number of piperidine rings is 1. The molecule has 0 radical (unpaired) electrons. The van der Waals surface area contributed by atoms with Crippen LogP contribution in [-0.4, -0.2) is 43.5 Å². The highest BCUT2D eigenvalue weighted by Gasteiger charge is 2.19. The van der Waals surface area contributed by atoms with Crippen LogP contribution in [-0.2, 0) is 4.79 Å². The monoisotopic (exact) mass is 339 g/mol. The lowest BCUT2D eigenvalue weighted by atomic mass is 10.1. The Hall–Kier alpha value is -0.910. The molecule has 0 spiro atoms. The van der Waals surface area contributed by atoms with Crippen LogP contribution in [0.5, 0.6) is 0 Å². The summed E-state index contributed by atoms with van der Waals surface area (Å²) in [4.78, 5) is 14.3. The summed E-state index contributed by atoms with van der Waals surface area (Å²) in [7, 11) is 2.00. The number of anilines is 1. The van der Waals surface area contributed by atoms with Gasteiger partial charge in [-0.15, -0.1) is 0 Å². The molecule has 1 saturated heterocycles. The van der Waals surface area contributed by atoms with Crippen molar-refractivity contribution in [2.75, 3.05) is 32.0 Å². The third-order valence-corrected chi connectivity index (χ3v) is 4.42. The third kappa shape index (κ3) is 4.30. The topological polar surface area (TPSA) is 44.4 Å². The summed E-state index contributed by atoms with van der Waals surface area (Å²) in [6.07, 6.45) is 2.22. The number of benzene rings is 1. The van der Waals surface area contributed by atoms with E-state index in [-0.39, 0.29) is 5.91 Å². The molecule has 20 heavy (non-hydrogen) atoms. The van der Waals surface area contributed by atoms with Crippen molar-refractivity contribution < 1.29 is 4.79 Å². The summed E-state index contributed by atoms with van der Waals surface area (Å²) < 4.78 is 0.930. The molecule has 5 heteroatoms. The zero-order valence-corrected chi connectivity index (χ0v) is 13.7. The Morgan fingerprint density at radius 2 is 2.10 bits per heavy atom. The lowest BCUT2D eigenvalue weighted by molar-refractivity contribution is -0.117. The first-order chi connectivity index (χ1) is 9.58. The van der Waals surface area contributed by atoms with Gasteiger partial charge in [-0.2, -0.15) is 0 Å². The van der Waals surface area contributed by atoms with Gasteiger partial charge in [0.15, 0.2) is 0 Å². The van der Waals surface area contributed by atoms with Crippen LogP contribution in [0.4, 0.5) is 5.69 Å². The second-order valence-electron chi connectivity index (χ2n) is 5.37. The zero-order chi connectivity index (χ0) is 14.5. The molecule has 1 aliphatic heterocycles. The Balaban J connectivity index is 1.84. The maximum absolute atomic E-state index is 12.1. The van der Waals surface area contributed by atoms with E-state index in [2.05, 4.69) is 31.5 Å². The van der Waals surface area contributed by atoms with E-state index in [0.29, 0.717) is 12.6 Å². The number of hydrogen-bond acceptors (Lipinski definition) is 3. The number of aryl methyl sites for hydroxylation is 1. The Morgan fingerprint density at radius 1 is 1.40 bits per heavy atom. The molecule has 1 aromatic rings. The van der Waals surface area contributed by atoms with Gasteiger partial charge in [0, 0.05) is 23.6 Å². The van der Waals surface area contributed by atoms with Gasteiger partial charge in [-0.25, -0.2) is 0 Å². The number of rotatable bonds is 4. The minimum absolute atomic E-state index is 0.0532. The third-order valence-electron chi connectivity index (χ3n) is 3.76. The fourth-order valence-electron chi connectivity index (χ4n) is 2.49. The number of nitrogens with zero attached hydrogens (tertiary/aromatic N) is 1. The van der Waals surface area contributed by atoms with Crippen molar-refractivity contribution in [3.05, 3.63) is 28.2 Å². The van der Waals surface area contributed by atoms with Crippen LogP contribution in [0, 0.1) is 6.92 Å². The molecule has 0 atom stereocenters. The smallest absolute Gasteiger partial charge is 0.238 e. The lowest BCUT2D eigenvalue weighted by Crippen LogP contribution is -2.44. The summed E-state index contributed by atoms with van der Waals surface area (Å²) in [6, 6.07) is 6.54. The van der Waals surface area contributed by atoms with E-state index in [0.717, 1.165) is 36.1 Å². The van der Waals surface area contributed by atoms with Crippen molar-refractivity contribution >= 4 is 27.5 Å². The van der Waals surface area contributed by atoms with Crippen molar-refractivity contribution in [2.45, 2.75) is 25.8 Å². The summed E-state index contributed by atoms with van der Waals surface area (Å²) in [5.41, 5.74) is 2.01. The van der Waals surface area contributed by atoms with Crippen LogP contribution >= 0.6 is 15.9 Å². The highest BCUT2D eigenvalue weighted by atomic mass is 79.9. The van der Waals surface area contributed by atoms with Crippen molar-refractivity contribution in [1.29, 1.82) is 0 Å². The molecule has 1 amide bonds. The molecular weight excluding hydrogens is 318 g/mol. The Kier molecular flexibility index (Phi) is 5.57. The number of carbonyl (C=O) groups excluding carboxylic acids is 1. The van der Waals surface area contributed by atoms with Gasteiger partial charge in [-0.1, -0.05) is 6.07 Å². The van der Waals surface area contributed by atoms with Gasteiger partial charge in [0.2, 0.25) is 5.91 Å². The molecule has 0 saturated carbocycles. The first kappa shape index (κ1) is 15.5. The SMILES string of the molecule is CNC1CCN(CC(=O)Nc2ccc(C)cc2Br)CC1. The highest BCUT2D eigenvalue weighted by Crippen LogP contribution is 2.23. The average Bonchev–Trinajstić information content (AvgIpc) is 2.43. The van der Waals surface area contributed by atoms with Gasteiger partial charge in [0.1, 0.15) is 0 Å². The Morgan fingerprint density at radius 3 is 2.70 bits per heavy atom. The van der Waals surface area contributed by atoms with Crippen molar-refractivity contribution in [1.82, 2.24) is 10.2 Å². The molecule has 4 nitrogen and oxygen atoms in total. The van der Waals surface area contributed by atoms with Gasteiger partial charge in [0.25, 0.3) is 0 Å². The van der Waals surface area contributed by atoms with Crippen LogP contribution in [0.2, 0.25) is 0 Å². The predicted octanol–water partition coefficient (Wildman–Crippen LogP) is 2.38. The van der Waals surface area contributed by atoms with E-state index < -0.39 is 0 Å². The summed E-state index contributed by atoms with van der Waals surface area (Å²) in [6.45, 7) is 4.46. The van der Waals surface area contributed by atoms with Crippen LogP contribution in [0.25, 0.3) is 0 Å². The summed E-state index contributed by atoms with van der Waals surface area (Å²) >= 11 is 3.48. The fraction of sp³-hybridized carbons (Fsp3) is 0.533. The van der Waals surface area contributed by atoms with E-state index >= 15 is 0 Å². The zero-order valence-electron chi connectivity index (χ0n) is 12.1. The van der Waals surface area contributed by atoms with Crippen LogP contribution in [0.1, 0.15) is 18.4 Å². The molecule has 0 aromatic heterocycles. The molecule has 0 bridgehead atoms. The number of hydrogen-bond donors (Lipinski definition) is 2. The summed E-state index contributed by atoms with van der Waals surface area (Å²) in [5.74, 6) is 0.0532. The number of carbonyl (C=O) groups is 1. The first-order valence-corrected chi connectivity index (χ1v) is 7.83. The van der Waals surface area contributed by atoms with Gasteiger partial charge in [-0.05, 0) is 60.4 Å². The molecule has 2 N–H and O–H groups in total. The highest BCUT2D eigenvalue weighted by molar-refractivity contribution is 9.10. The molecule has 0 unspecified atom stereocenters. The van der Waals surface area contributed by atoms with Crippen molar-refractivity contribution in [3.63, 3.8) is 0 Å². The van der Waals surface area contributed by atoms with Crippen LogP contribution in [0.15, 0.2) is 22.7 Å². The largest absolute Gasteiger partial charge is 0.324 e. The van der Waals surface area contributed by atoms with Gasteiger partial charge in [0.05, 0.1) is 12.2 Å². The van der Waals surface area contributed by atoms with Gasteiger partial charge >= 0.3 is 0 Å². The average molecular weight is 340 g/mol. The Bertz CT molecular complexity index is 470. The molecule has 2 rings (SSSR count). The van der Waals surface area contributed by atoms with E-state index in [1.54, 1.807) is 0 Å². The number of likely N-dealkylation sites (tertiary alicyclic amines) is 1. The molecule has 1 aliphatic rings. The van der Waals surface area contributed by atoms with Crippen molar-refractivity contribution in [3.8, 4) is 0 Å². The van der Waals surface area contributed by atoms with E-state index in [1.807, 2.05) is 32.2 Å². The summed E-state index contributed by atoms with van der Waals surface area (Å²) in [5, 5.41) is 6.26. The molecule has 0 aliphatic carbocycles. The minimum Gasteiger partial charge on any atom is -0.324 e. The second-order valence-corrected chi connectivity index (χ2v) is 6.22. The first-order valence-electron chi connectivity index (χ1n) is 7.04. The molecule has 110 valence electrons. The molecular formula is C15H22BrN3O. The number of nitrogens with one attached hydrogen (secondary N) is 2. The standard InChI is InChI=1S/C15H22BrN3O/c1-11-3-4-14(13(16)9-11)18-15(20)10-19-7-5-12(17-2)6-8-19/h3-4,9,12,17H,5-8,10H2,1-2H3,(H,18,20).